The van der Waals surface area contributed by atoms with Gasteiger partial charge in [-0.3, -0.25) is 14.2 Å². The first kappa shape index (κ1) is 18.4. The molecule has 6 nitrogen and oxygen atoms in total. The van der Waals surface area contributed by atoms with E-state index in [1.54, 1.807) is 19.1 Å². The number of carbonyl (C=O) groups is 1. The van der Waals surface area contributed by atoms with Gasteiger partial charge in [0.15, 0.2) is 0 Å². The lowest BCUT2D eigenvalue weighted by molar-refractivity contribution is 0.102. The number of H-pyrrole nitrogens is 1. The molecule has 1 amide bonds. The second-order valence-corrected chi connectivity index (χ2v) is 6.64. The third-order valence-electron chi connectivity index (χ3n) is 4.81. The fourth-order valence-corrected chi connectivity index (χ4v) is 3.26. The van der Waals surface area contributed by atoms with E-state index in [0.717, 1.165) is 15.7 Å². The first-order valence-electron chi connectivity index (χ1n) is 9.30. The maximum atomic E-state index is 12.6. The molecular weight excluding hydrogens is 366 g/mol. The summed E-state index contributed by atoms with van der Waals surface area (Å²) in [5.41, 5.74) is 2.66. The molecule has 0 bridgehead atoms. The zero-order valence-electron chi connectivity index (χ0n) is 15.8. The number of anilines is 1. The number of aromatic amines is 1. The maximum Gasteiger partial charge on any atom is 0.328 e. The van der Waals surface area contributed by atoms with Crippen molar-refractivity contribution in [3.8, 4) is 11.1 Å². The van der Waals surface area contributed by atoms with E-state index in [-0.39, 0.29) is 18.0 Å². The third kappa shape index (κ3) is 3.60. The summed E-state index contributed by atoms with van der Waals surface area (Å²) in [6.07, 6.45) is 0. The Bertz CT molecular complexity index is 1300. The molecule has 6 heteroatoms. The zero-order chi connectivity index (χ0) is 20.4. The molecule has 0 unspecified atom stereocenters. The van der Waals surface area contributed by atoms with Gasteiger partial charge in [0.2, 0.25) is 0 Å². The number of amides is 1. The van der Waals surface area contributed by atoms with Crippen molar-refractivity contribution in [3.63, 3.8) is 0 Å². The van der Waals surface area contributed by atoms with Crippen LogP contribution in [0.2, 0.25) is 0 Å². The van der Waals surface area contributed by atoms with Gasteiger partial charge in [0.05, 0.1) is 10.9 Å². The minimum atomic E-state index is -0.487. The highest BCUT2D eigenvalue weighted by Crippen LogP contribution is 2.21. The van der Waals surface area contributed by atoms with Gasteiger partial charge in [-0.2, -0.15) is 0 Å². The summed E-state index contributed by atoms with van der Waals surface area (Å²) in [5.74, 6) is -0.320. The summed E-state index contributed by atoms with van der Waals surface area (Å²) in [6, 6.07) is 22.2. The molecule has 0 radical (unpaired) electrons. The largest absolute Gasteiger partial charge is 0.328 e. The zero-order valence-corrected chi connectivity index (χ0v) is 15.8. The van der Waals surface area contributed by atoms with Gasteiger partial charge in [0, 0.05) is 17.8 Å². The summed E-state index contributed by atoms with van der Waals surface area (Å²) in [7, 11) is 0. The molecule has 0 saturated carbocycles. The number of hydrogen-bond donors (Lipinski definition) is 2. The normalized spacial score (nSPS) is 10.8. The topological polar surface area (TPSA) is 84.0 Å². The van der Waals surface area contributed by atoms with Crippen LogP contribution in [-0.2, 0) is 6.54 Å². The number of fused-ring (bicyclic) bond motifs is 1. The minimum Gasteiger partial charge on any atom is -0.322 e. The third-order valence-corrected chi connectivity index (χ3v) is 4.81. The highest BCUT2D eigenvalue weighted by Gasteiger charge is 2.11. The molecule has 0 fully saturated rings. The van der Waals surface area contributed by atoms with Crippen molar-refractivity contribution in [2.75, 3.05) is 5.32 Å². The number of carbonyl (C=O) groups excluding carboxylic acids is 1. The van der Waals surface area contributed by atoms with Crippen LogP contribution in [0.25, 0.3) is 22.0 Å². The van der Waals surface area contributed by atoms with Crippen molar-refractivity contribution in [3.05, 3.63) is 99.2 Å². The Balaban J connectivity index is 1.59. The van der Waals surface area contributed by atoms with Crippen molar-refractivity contribution in [2.45, 2.75) is 13.5 Å². The molecule has 29 heavy (non-hydrogen) atoms. The van der Waals surface area contributed by atoms with E-state index in [1.165, 1.54) is 6.07 Å². The van der Waals surface area contributed by atoms with Gasteiger partial charge in [-0.15, -0.1) is 0 Å². The van der Waals surface area contributed by atoms with Crippen molar-refractivity contribution in [1.82, 2.24) is 9.55 Å². The van der Waals surface area contributed by atoms with E-state index < -0.39 is 5.69 Å². The van der Waals surface area contributed by atoms with Crippen LogP contribution in [-0.4, -0.2) is 15.5 Å². The minimum absolute atomic E-state index is 0.283. The Morgan fingerprint density at radius 1 is 0.931 bits per heavy atom. The smallest absolute Gasteiger partial charge is 0.322 e. The molecule has 0 aliphatic heterocycles. The molecule has 0 atom stereocenters. The van der Waals surface area contributed by atoms with Crippen molar-refractivity contribution < 1.29 is 4.79 Å². The molecule has 1 heterocycles. The lowest BCUT2D eigenvalue weighted by Gasteiger charge is -2.08. The van der Waals surface area contributed by atoms with Gasteiger partial charge >= 0.3 is 5.69 Å². The predicted molar refractivity (Wildman–Crippen MR) is 114 cm³/mol. The highest BCUT2D eigenvalue weighted by atomic mass is 16.2. The second-order valence-electron chi connectivity index (χ2n) is 6.64. The molecule has 0 aliphatic carbocycles. The molecule has 4 aromatic rings. The van der Waals surface area contributed by atoms with Gasteiger partial charge in [-0.25, -0.2) is 4.79 Å². The Labute approximate surface area is 166 Å². The summed E-state index contributed by atoms with van der Waals surface area (Å²) < 4.78 is 1.12. The first-order chi connectivity index (χ1) is 14.1. The van der Waals surface area contributed by atoms with Gasteiger partial charge < -0.3 is 10.3 Å². The lowest BCUT2D eigenvalue weighted by Crippen LogP contribution is -2.34. The van der Waals surface area contributed by atoms with E-state index in [0.29, 0.717) is 22.2 Å². The molecule has 3 aromatic carbocycles. The Hall–Kier alpha value is -3.93. The number of rotatable bonds is 4. The SMILES string of the molecule is CCn1c(=O)[nH]c2cc(C(=O)Nc3ccc(-c4ccccc4)cc3)ccc2c1=O. The van der Waals surface area contributed by atoms with Crippen LogP contribution in [0.4, 0.5) is 5.69 Å². The number of benzene rings is 3. The van der Waals surface area contributed by atoms with Crippen LogP contribution in [0.15, 0.2) is 82.4 Å². The monoisotopic (exact) mass is 385 g/mol. The average molecular weight is 385 g/mol. The summed E-state index contributed by atoms with van der Waals surface area (Å²) in [6.45, 7) is 2.01. The van der Waals surface area contributed by atoms with Crippen LogP contribution in [0.1, 0.15) is 17.3 Å². The van der Waals surface area contributed by atoms with Crippen molar-refractivity contribution >= 4 is 22.5 Å². The van der Waals surface area contributed by atoms with Crippen molar-refractivity contribution in [2.24, 2.45) is 0 Å². The standard InChI is InChI=1S/C23H19N3O3/c1-2-26-22(28)19-13-10-17(14-20(19)25-23(26)29)21(27)24-18-11-8-16(9-12-18)15-6-4-3-5-7-15/h3-14H,2H2,1H3,(H,24,27)(H,25,29). The van der Waals surface area contributed by atoms with E-state index in [2.05, 4.69) is 10.3 Å². The number of aromatic nitrogens is 2. The molecule has 4 rings (SSSR count). The molecule has 2 N–H and O–H groups in total. The van der Waals surface area contributed by atoms with Crippen LogP contribution in [0.3, 0.4) is 0 Å². The van der Waals surface area contributed by atoms with Crippen LogP contribution < -0.4 is 16.6 Å². The lowest BCUT2D eigenvalue weighted by atomic mass is 10.1. The first-order valence-corrected chi connectivity index (χ1v) is 9.30. The highest BCUT2D eigenvalue weighted by molar-refractivity contribution is 6.06. The van der Waals surface area contributed by atoms with Gasteiger partial charge in [-0.05, 0) is 48.4 Å². The number of hydrogen-bond acceptors (Lipinski definition) is 3. The molecule has 0 aliphatic rings. The van der Waals surface area contributed by atoms with E-state index in [4.69, 9.17) is 0 Å². The Morgan fingerprint density at radius 3 is 2.31 bits per heavy atom. The Kier molecular flexibility index (Phi) is 4.83. The molecule has 0 spiro atoms. The van der Waals surface area contributed by atoms with Gasteiger partial charge in [0.25, 0.3) is 11.5 Å². The van der Waals surface area contributed by atoms with Crippen LogP contribution in [0, 0.1) is 0 Å². The van der Waals surface area contributed by atoms with E-state index in [1.807, 2.05) is 54.6 Å². The van der Waals surface area contributed by atoms with Crippen molar-refractivity contribution in [1.29, 1.82) is 0 Å². The van der Waals surface area contributed by atoms with E-state index in [9.17, 15) is 14.4 Å². The molecule has 144 valence electrons. The fourth-order valence-electron chi connectivity index (χ4n) is 3.26. The number of nitrogens with zero attached hydrogens (tertiary/aromatic N) is 1. The fraction of sp³-hybridized carbons (Fsp3) is 0.0870. The second kappa shape index (κ2) is 7.59. The summed E-state index contributed by atoms with van der Waals surface area (Å²) >= 11 is 0. The van der Waals surface area contributed by atoms with Gasteiger partial charge in [-0.1, -0.05) is 42.5 Å². The number of nitrogens with one attached hydrogen (secondary N) is 2. The Morgan fingerprint density at radius 2 is 1.62 bits per heavy atom. The summed E-state index contributed by atoms with van der Waals surface area (Å²) in [5, 5.41) is 3.21. The predicted octanol–water partition coefficient (Wildman–Crippen LogP) is 3.63. The molecule has 0 saturated heterocycles. The van der Waals surface area contributed by atoms with Crippen LogP contribution >= 0.6 is 0 Å². The summed E-state index contributed by atoms with van der Waals surface area (Å²) in [4.78, 5) is 39.6. The average Bonchev–Trinajstić information content (AvgIpc) is 2.75. The van der Waals surface area contributed by atoms with Crippen LogP contribution in [0.5, 0.6) is 0 Å². The molecule has 1 aromatic heterocycles. The maximum absolute atomic E-state index is 12.6. The van der Waals surface area contributed by atoms with E-state index >= 15 is 0 Å². The molecular formula is C23H19N3O3. The van der Waals surface area contributed by atoms with Gasteiger partial charge in [0.1, 0.15) is 0 Å². The quantitative estimate of drug-likeness (QED) is 0.563.